The van der Waals surface area contributed by atoms with Crippen LogP contribution in [0.1, 0.15) is 22.6 Å². The molecule has 1 amide bonds. The molecule has 2 heterocycles. The number of carbonyl (C=O) groups excluding carboxylic acids is 1. The van der Waals surface area contributed by atoms with E-state index in [9.17, 15) is 18.0 Å². The Bertz CT molecular complexity index is 762. The summed E-state index contributed by atoms with van der Waals surface area (Å²) in [5.41, 5.74) is -1.29. The minimum absolute atomic E-state index is 0.211. The monoisotopic (exact) mass is 369 g/mol. The maximum atomic E-state index is 12.9. The number of benzene rings is 1. The third-order valence-corrected chi connectivity index (χ3v) is 4.04. The van der Waals surface area contributed by atoms with Crippen LogP contribution in [-0.4, -0.2) is 41.0 Å². The second-order valence-corrected chi connectivity index (χ2v) is 5.95. The Morgan fingerprint density at radius 2 is 2.08 bits per heavy atom. The predicted octanol–water partition coefficient (Wildman–Crippen LogP) is 2.41. The molecule has 0 aliphatic carbocycles. The van der Waals surface area contributed by atoms with Gasteiger partial charge in [-0.05, 0) is 12.1 Å². The summed E-state index contributed by atoms with van der Waals surface area (Å²) in [5.74, 6) is -0.0518. The smallest absolute Gasteiger partial charge is 0.433 e. The van der Waals surface area contributed by atoms with Gasteiger partial charge in [-0.15, -0.1) is 0 Å². The van der Waals surface area contributed by atoms with Gasteiger partial charge in [0, 0.05) is 19.5 Å². The number of nitrogens with zero attached hydrogens (tertiary/aromatic N) is 2. The minimum Gasteiger partial charge on any atom is -0.488 e. The van der Waals surface area contributed by atoms with Crippen LogP contribution in [0.4, 0.5) is 13.2 Å². The molecule has 1 N–H and O–H groups in total. The first-order valence-electron chi connectivity index (χ1n) is 8.06. The van der Waals surface area contributed by atoms with E-state index in [1.54, 1.807) is 12.1 Å². The van der Waals surface area contributed by atoms with E-state index in [1.165, 1.54) is 0 Å². The molecule has 1 aliphatic heterocycles. The van der Waals surface area contributed by atoms with Gasteiger partial charge >= 0.3 is 6.18 Å². The highest BCUT2D eigenvalue weighted by Crippen LogP contribution is 2.29. The molecule has 0 bridgehead atoms. The molecular formula is C17H18F3N3O3. The van der Waals surface area contributed by atoms with E-state index in [-0.39, 0.29) is 18.4 Å². The van der Waals surface area contributed by atoms with Crippen LogP contribution in [0, 0.1) is 0 Å². The van der Waals surface area contributed by atoms with Gasteiger partial charge in [-0.1, -0.05) is 18.2 Å². The number of ether oxygens (including phenoxy) is 2. The molecule has 0 radical (unpaired) electrons. The topological polar surface area (TPSA) is 65.4 Å². The van der Waals surface area contributed by atoms with Crippen LogP contribution in [0.25, 0.3) is 0 Å². The summed E-state index contributed by atoms with van der Waals surface area (Å²) in [6.07, 6.45) is -4.37. The summed E-state index contributed by atoms with van der Waals surface area (Å²) in [4.78, 5) is 12.3. The van der Waals surface area contributed by atoms with Gasteiger partial charge in [-0.3, -0.25) is 9.48 Å². The number of para-hydroxylation sites is 1. The van der Waals surface area contributed by atoms with Crippen molar-refractivity contribution in [2.24, 2.45) is 7.05 Å². The first-order chi connectivity index (χ1) is 12.3. The van der Waals surface area contributed by atoms with Crippen LogP contribution in [0.15, 0.2) is 36.4 Å². The predicted molar refractivity (Wildman–Crippen MR) is 85.8 cm³/mol. The highest BCUT2D eigenvalue weighted by Gasteiger charge is 2.36. The highest BCUT2D eigenvalue weighted by molar-refractivity contribution is 5.92. The van der Waals surface area contributed by atoms with Gasteiger partial charge in [-0.2, -0.15) is 18.3 Å². The van der Waals surface area contributed by atoms with Gasteiger partial charge in [0.15, 0.2) is 5.69 Å². The van der Waals surface area contributed by atoms with Crippen LogP contribution < -0.4 is 10.1 Å². The molecule has 2 aromatic rings. The first kappa shape index (κ1) is 18.2. The second kappa shape index (κ2) is 7.36. The number of alkyl halides is 3. The Labute approximate surface area is 147 Å². The van der Waals surface area contributed by atoms with Gasteiger partial charge in [-0.25, -0.2) is 0 Å². The fraction of sp³-hybridized carbons (Fsp3) is 0.412. The summed E-state index contributed by atoms with van der Waals surface area (Å²) in [7, 11) is 1.14. The van der Waals surface area contributed by atoms with Crippen LogP contribution >= 0.6 is 0 Å². The normalized spacial score (nSPS) is 20.6. The summed E-state index contributed by atoms with van der Waals surface area (Å²) in [6.45, 7) is 0.688. The number of halogens is 3. The zero-order valence-electron chi connectivity index (χ0n) is 14.0. The van der Waals surface area contributed by atoms with Gasteiger partial charge in [0.25, 0.3) is 5.91 Å². The first-order valence-corrected chi connectivity index (χ1v) is 8.06. The molecule has 1 aromatic heterocycles. The molecular weight excluding hydrogens is 351 g/mol. The average molecular weight is 369 g/mol. The van der Waals surface area contributed by atoms with E-state index in [4.69, 9.17) is 9.47 Å². The zero-order valence-corrected chi connectivity index (χ0v) is 14.0. The lowest BCUT2D eigenvalue weighted by atomic mass is 10.1. The van der Waals surface area contributed by atoms with E-state index in [0.29, 0.717) is 23.5 Å². The van der Waals surface area contributed by atoms with Gasteiger partial charge in [0.1, 0.15) is 17.5 Å². The molecule has 140 valence electrons. The molecule has 9 heteroatoms. The molecule has 2 atom stereocenters. The molecule has 0 unspecified atom stereocenters. The molecule has 1 fully saturated rings. The second-order valence-electron chi connectivity index (χ2n) is 5.95. The van der Waals surface area contributed by atoms with Crippen LogP contribution in [-0.2, 0) is 18.0 Å². The molecule has 0 saturated carbocycles. The van der Waals surface area contributed by atoms with Crippen molar-refractivity contribution in [3.05, 3.63) is 47.8 Å². The van der Waals surface area contributed by atoms with Crippen molar-refractivity contribution in [3.63, 3.8) is 0 Å². The van der Waals surface area contributed by atoms with Crippen molar-refractivity contribution in [2.75, 3.05) is 13.2 Å². The Balaban J connectivity index is 1.70. The van der Waals surface area contributed by atoms with Crippen molar-refractivity contribution in [2.45, 2.75) is 24.7 Å². The largest absolute Gasteiger partial charge is 0.488 e. The van der Waals surface area contributed by atoms with Crippen molar-refractivity contribution < 1.29 is 27.4 Å². The Morgan fingerprint density at radius 3 is 2.73 bits per heavy atom. The summed E-state index contributed by atoms with van der Waals surface area (Å²) in [5, 5.41) is 6.32. The number of hydrogen-bond acceptors (Lipinski definition) is 4. The number of carbonyl (C=O) groups is 1. The van der Waals surface area contributed by atoms with Crippen molar-refractivity contribution >= 4 is 5.91 Å². The molecule has 1 saturated heterocycles. The summed E-state index contributed by atoms with van der Waals surface area (Å²) < 4.78 is 50.5. The fourth-order valence-electron chi connectivity index (χ4n) is 2.75. The van der Waals surface area contributed by atoms with Crippen LogP contribution in [0.2, 0.25) is 0 Å². The number of amides is 1. The van der Waals surface area contributed by atoms with E-state index >= 15 is 0 Å². The van der Waals surface area contributed by atoms with Gasteiger partial charge in [0.05, 0.1) is 19.3 Å². The number of aromatic nitrogens is 2. The van der Waals surface area contributed by atoms with E-state index in [2.05, 4.69) is 10.4 Å². The van der Waals surface area contributed by atoms with Gasteiger partial charge in [0.2, 0.25) is 0 Å². The van der Waals surface area contributed by atoms with Crippen LogP contribution in [0.3, 0.4) is 0 Å². The quantitative estimate of drug-likeness (QED) is 0.899. The third-order valence-electron chi connectivity index (χ3n) is 4.04. The number of nitrogens with one attached hydrogen (secondary N) is 1. The van der Waals surface area contributed by atoms with E-state index in [0.717, 1.165) is 13.1 Å². The van der Waals surface area contributed by atoms with Crippen molar-refractivity contribution in [3.8, 4) is 5.75 Å². The van der Waals surface area contributed by atoms with E-state index < -0.39 is 23.8 Å². The average Bonchev–Trinajstić information content (AvgIpc) is 3.00. The Hall–Kier alpha value is -2.55. The standard InChI is InChI=1S/C17H18F3N3O3/c1-23-15(17(18,19)20)9-12(22-23)16(24)21-13-10-25-8-7-14(13)26-11-5-3-2-4-6-11/h2-6,9,13-14H,7-8,10H2,1H3,(H,21,24)/t13-,14+/m1/s1. The van der Waals surface area contributed by atoms with Crippen molar-refractivity contribution in [1.82, 2.24) is 15.1 Å². The van der Waals surface area contributed by atoms with Crippen molar-refractivity contribution in [1.29, 1.82) is 0 Å². The Kier molecular flexibility index (Phi) is 5.17. The molecule has 6 nitrogen and oxygen atoms in total. The lowest BCUT2D eigenvalue weighted by molar-refractivity contribution is -0.143. The van der Waals surface area contributed by atoms with Crippen LogP contribution in [0.5, 0.6) is 5.75 Å². The molecule has 1 aliphatic rings. The Morgan fingerprint density at radius 1 is 1.35 bits per heavy atom. The molecule has 26 heavy (non-hydrogen) atoms. The fourth-order valence-corrected chi connectivity index (χ4v) is 2.75. The maximum Gasteiger partial charge on any atom is 0.433 e. The number of aryl methyl sites for hydroxylation is 1. The highest BCUT2D eigenvalue weighted by atomic mass is 19.4. The third kappa shape index (κ3) is 4.16. The van der Waals surface area contributed by atoms with Gasteiger partial charge < -0.3 is 14.8 Å². The zero-order chi connectivity index (χ0) is 18.7. The SMILES string of the molecule is Cn1nc(C(=O)N[C@@H]2COCC[C@@H]2Oc2ccccc2)cc1C(F)(F)F. The minimum atomic E-state index is -4.58. The lowest BCUT2D eigenvalue weighted by Gasteiger charge is -2.32. The summed E-state index contributed by atoms with van der Waals surface area (Å²) in [6, 6.07) is 9.34. The lowest BCUT2D eigenvalue weighted by Crippen LogP contribution is -2.51. The summed E-state index contributed by atoms with van der Waals surface area (Å²) >= 11 is 0. The maximum absolute atomic E-state index is 12.9. The molecule has 1 aromatic carbocycles. The molecule has 0 spiro atoms. The van der Waals surface area contributed by atoms with E-state index in [1.807, 2.05) is 18.2 Å². The number of hydrogen-bond donors (Lipinski definition) is 1. The number of rotatable bonds is 4. The molecule has 3 rings (SSSR count).